The van der Waals surface area contributed by atoms with Gasteiger partial charge in [-0.1, -0.05) is 13.0 Å². The fraction of sp³-hybridized carbons (Fsp3) is 0.286. The van der Waals surface area contributed by atoms with Crippen LogP contribution >= 0.6 is 15.9 Å². The maximum absolute atomic E-state index is 13.2. The van der Waals surface area contributed by atoms with E-state index in [0.29, 0.717) is 4.47 Å². The number of nitrogens with zero attached hydrogens (tertiary/aromatic N) is 2. The number of aromatic nitrogens is 2. The van der Waals surface area contributed by atoms with Crippen LogP contribution in [0.1, 0.15) is 24.2 Å². The van der Waals surface area contributed by atoms with Gasteiger partial charge < -0.3 is 5.32 Å². The van der Waals surface area contributed by atoms with Crippen LogP contribution in [0.2, 0.25) is 0 Å². The fourth-order valence-corrected chi connectivity index (χ4v) is 2.36. The lowest BCUT2D eigenvalue weighted by Crippen LogP contribution is -2.24. The monoisotopic (exact) mass is 323 g/mol. The van der Waals surface area contributed by atoms with Crippen molar-refractivity contribution in [2.45, 2.75) is 19.4 Å². The summed E-state index contributed by atoms with van der Waals surface area (Å²) in [5, 5.41) is 3.38. The first-order chi connectivity index (χ1) is 9.20. The summed E-state index contributed by atoms with van der Waals surface area (Å²) in [6.45, 7) is 2.89. The van der Waals surface area contributed by atoms with Crippen LogP contribution < -0.4 is 5.32 Å². The predicted molar refractivity (Wildman–Crippen MR) is 76.3 cm³/mol. The quantitative estimate of drug-likeness (QED) is 0.917. The molecule has 0 saturated carbocycles. The summed E-state index contributed by atoms with van der Waals surface area (Å²) in [4.78, 5) is 8.20. The van der Waals surface area contributed by atoms with Crippen molar-refractivity contribution in [1.29, 1.82) is 0 Å². The normalized spacial score (nSPS) is 12.4. The van der Waals surface area contributed by atoms with E-state index in [1.54, 1.807) is 24.7 Å². The highest BCUT2D eigenvalue weighted by molar-refractivity contribution is 9.10. The molecule has 0 spiro atoms. The van der Waals surface area contributed by atoms with Crippen LogP contribution in [0.3, 0.4) is 0 Å². The maximum atomic E-state index is 13.2. The third-order valence-electron chi connectivity index (χ3n) is 2.84. The average Bonchev–Trinajstić information content (AvgIpc) is 2.43. The van der Waals surface area contributed by atoms with Crippen LogP contribution in [0.25, 0.3) is 0 Å². The molecule has 0 amide bonds. The van der Waals surface area contributed by atoms with Gasteiger partial charge >= 0.3 is 0 Å². The molecule has 2 rings (SSSR count). The van der Waals surface area contributed by atoms with Crippen LogP contribution in [0.5, 0.6) is 0 Å². The molecule has 1 N–H and O–H groups in total. The third-order valence-corrected chi connectivity index (χ3v) is 3.44. The average molecular weight is 324 g/mol. The lowest BCUT2D eigenvalue weighted by Gasteiger charge is -2.17. The van der Waals surface area contributed by atoms with E-state index < -0.39 is 0 Å². The molecule has 100 valence electrons. The first-order valence-corrected chi connectivity index (χ1v) is 6.93. The summed E-state index contributed by atoms with van der Waals surface area (Å²) >= 11 is 3.21. The van der Waals surface area contributed by atoms with Crippen molar-refractivity contribution < 1.29 is 4.39 Å². The molecule has 0 radical (unpaired) electrons. The number of likely N-dealkylation sites (N-methyl/N-ethyl adjacent to an activating group) is 1. The van der Waals surface area contributed by atoms with E-state index in [-0.39, 0.29) is 11.9 Å². The number of halogens is 2. The van der Waals surface area contributed by atoms with E-state index >= 15 is 0 Å². The number of hydrogen-bond donors (Lipinski definition) is 1. The van der Waals surface area contributed by atoms with Gasteiger partial charge in [-0.15, -0.1) is 0 Å². The molecule has 2 aromatic rings. The lowest BCUT2D eigenvalue weighted by atomic mass is 10.0. The molecule has 0 aliphatic heterocycles. The molecule has 1 heterocycles. The third kappa shape index (κ3) is 3.81. The highest BCUT2D eigenvalue weighted by Crippen LogP contribution is 2.21. The van der Waals surface area contributed by atoms with Crippen molar-refractivity contribution in [3.63, 3.8) is 0 Å². The van der Waals surface area contributed by atoms with E-state index in [0.717, 1.165) is 24.2 Å². The number of nitrogens with one attached hydrogen (secondary N) is 1. The number of rotatable bonds is 5. The highest BCUT2D eigenvalue weighted by Gasteiger charge is 2.13. The first kappa shape index (κ1) is 14.1. The van der Waals surface area contributed by atoms with Crippen molar-refractivity contribution in [2.75, 3.05) is 6.54 Å². The molecule has 19 heavy (non-hydrogen) atoms. The standard InChI is InChI=1S/C14H15BrFN3/c1-2-18-14(13-5-6-17-9-19-13)8-10-3-4-12(16)11(15)7-10/h3-7,9,14,18H,2,8H2,1H3. The predicted octanol–water partition coefficient (Wildman–Crippen LogP) is 3.27. The van der Waals surface area contributed by atoms with Gasteiger partial charge in [-0.25, -0.2) is 14.4 Å². The van der Waals surface area contributed by atoms with Crippen LogP contribution in [0, 0.1) is 5.82 Å². The second-order valence-electron chi connectivity index (χ2n) is 4.20. The smallest absolute Gasteiger partial charge is 0.137 e. The molecule has 0 aliphatic carbocycles. The minimum Gasteiger partial charge on any atom is -0.309 e. The molecule has 0 aliphatic rings. The van der Waals surface area contributed by atoms with Crippen LogP contribution in [-0.2, 0) is 6.42 Å². The van der Waals surface area contributed by atoms with Gasteiger partial charge in [-0.05, 0) is 52.7 Å². The van der Waals surface area contributed by atoms with E-state index in [1.165, 1.54) is 6.07 Å². The minimum absolute atomic E-state index is 0.102. The number of hydrogen-bond acceptors (Lipinski definition) is 3. The van der Waals surface area contributed by atoms with Crippen LogP contribution in [-0.4, -0.2) is 16.5 Å². The van der Waals surface area contributed by atoms with Gasteiger partial charge in [0.1, 0.15) is 12.1 Å². The fourth-order valence-electron chi connectivity index (χ4n) is 1.94. The van der Waals surface area contributed by atoms with E-state index in [2.05, 4.69) is 38.1 Å². The van der Waals surface area contributed by atoms with Crippen LogP contribution in [0.4, 0.5) is 4.39 Å². The summed E-state index contributed by atoms with van der Waals surface area (Å²) in [5.41, 5.74) is 2.00. The van der Waals surface area contributed by atoms with Crippen molar-refractivity contribution in [2.24, 2.45) is 0 Å². The molecule has 0 saturated heterocycles. The van der Waals surface area contributed by atoms with Crippen molar-refractivity contribution in [1.82, 2.24) is 15.3 Å². The summed E-state index contributed by atoms with van der Waals surface area (Å²) in [7, 11) is 0. The largest absolute Gasteiger partial charge is 0.309 e. The lowest BCUT2D eigenvalue weighted by molar-refractivity contribution is 0.534. The Balaban J connectivity index is 2.19. The Bertz CT molecular complexity index is 533. The number of benzene rings is 1. The van der Waals surface area contributed by atoms with Gasteiger partial charge in [0, 0.05) is 6.20 Å². The maximum Gasteiger partial charge on any atom is 0.137 e. The summed E-state index contributed by atoms with van der Waals surface area (Å²) in [6, 6.07) is 7.08. The molecule has 1 aromatic heterocycles. The molecule has 5 heteroatoms. The molecular formula is C14H15BrFN3. The molecular weight excluding hydrogens is 309 g/mol. The second-order valence-corrected chi connectivity index (χ2v) is 5.05. The molecule has 0 fully saturated rings. The zero-order valence-electron chi connectivity index (χ0n) is 10.6. The van der Waals surface area contributed by atoms with Crippen molar-refractivity contribution in [3.8, 4) is 0 Å². The zero-order chi connectivity index (χ0) is 13.7. The van der Waals surface area contributed by atoms with Gasteiger partial charge in [0.25, 0.3) is 0 Å². The molecule has 1 aromatic carbocycles. The Kier molecular flexibility index (Phi) is 4.99. The Morgan fingerprint density at radius 2 is 2.21 bits per heavy atom. The first-order valence-electron chi connectivity index (χ1n) is 6.14. The molecule has 3 nitrogen and oxygen atoms in total. The van der Waals surface area contributed by atoms with E-state index in [4.69, 9.17) is 0 Å². The topological polar surface area (TPSA) is 37.8 Å². The van der Waals surface area contributed by atoms with Gasteiger partial charge in [0.15, 0.2) is 0 Å². The molecule has 1 unspecified atom stereocenters. The summed E-state index contributed by atoms with van der Waals surface area (Å²) < 4.78 is 13.7. The Morgan fingerprint density at radius 1 is 1.37 bits per heavy atom. The van der Waals surface area contributed by atoms with Crippen molar-refractivity contribution in [3.05, 3.63) is 58.3 Å². The summed E-state index contributed by atoms with van der Waals surface area (Å²) in [5.74, 6) is -0.245. The second kappa shape index (κ2) is 6.73. The molecule has 1 atom stereocenters. The van der Waals surface area contributed by atoms with Gasteiger partial charge in [0.2, 0.25) is 0 Å². The highest BCUT2D eigenvalue weighted by atomic mass is 79.9. The van der Waals surface area contributed by atoms with E-state index in [9.17, 15) is 4.39 Å². The Morgan fingerprint density at radius 3 is 2.84 bits per heavy atom. The SMILES string of the molecule is CCNC(Cc1ccc(F)c(Br)c1)c1ccncn1. The minimum atomic E-state index is -0.245. The Labute approximate surface area is 120 Å². The van der Waals surface area contributed by atoms with Gasteiger partial charge in [0.05, 0.1) is 16.2 Å². The van der Waals surface area contributed by atoms with Gasteiger partial charge in [-0.2, -0.15) is 0 Å². The van der Waals surface area contributed by atoms with Gasteiger partial charge in [-0.3, -0.25) is 0 Å². The molecule has 0 bridgehead atoms. The summed E-state index contributed by atoms with van der Waals surface area (Å²) in [6.07, 6.45) is 4.03. The Hall–Kier alpha value is -1.33. The zero-order valence-corrected chi connectivity index (χ0v) is 12.2. The van der Waals surface area contributed by atoms with Crippen molar-refractivity contribution >= 4 is 15.9 Å². The van der Waals surface area contributed by atoms with E-state index in [1.807, 2.05) is 6.07 Å². The van der Waals surface area contributed by atoms with Crippen LogP contribution in [0.15, 0.2) is 41.3 Å².